The first kappa shape index (κ1) is 14.5. The molecular weight excluding hydrogens is 268 g/mol. The van der Waals surface area contributed by atoms with Gasteiger partial charge in [-0.05, 0) is 36.2 Å². The molecule has 3 nitrogen and oxygen atoms in total. The average molecular weight is 286 g/mol. The van der Waals surface area contributed by atoms with Gasteiger partial charge in [0.15, 0.2) is 0 Å². The summed E-state index contributed by atoms with van der Waals surface area (Å²) in [6.07, 6.45) is 0. The highest BCUT2D eigenvalue weighted by Crippen LogP contribution is 2.31. The lowest BCUT2D eigenvalue weighted by molar-refractivity contribution is 0.405. The van der Waals surface area contributed by atoms with Gasteiger partial charge in [0.2, 0.25) is 0 Å². The van der Waals surface area contributed by atoms with Gasteiger partial charge in [-0.15, -0.1) is 11.8 Å². The van der Waals surface area contributed by atoms with Crippen molar-refractivity contribution < 1.29 is 4.74 Å². The normalized spacial score (nSPS) is 10.3. The Labute approximate surface area is 123 Å². The summed E-state index contributed by atoms with van der Waals surface area (Å²) in [5.41, 5.74) is 8.66. The zero-order valence-corrected chi connectivity index (χ0v) is 12.5. The molecule has 104 valence electrons. The number of thioether (sulfide) groups is 1. The molecule has 0 bridgehead atoms. The summed E-state index contributed by atoms with van der Waals surface area (Å²) in [6.45, 7) is 2.05. The molecule has 2 aromatic rings. The largest absolute Gasteiger partial charge is 0.496 e. The molecule has 0 heterocycles. The Kier molecular flexibility index (Phi) is 4.69. The molecule has 0 saturated carbocycles. The van der Waals surface area contributed by atoms with Crippen LogP contribution in [0.2, 0.25) is 0 Å². The van der Waals surface area contributed by atoms with Gasteiger partial charge in [0.05, 0.1) is 7.11 Å². The van der Waals surface area contributed by atoms with Crippen molar-refractivity contribution >= 4 is 17.6 Å². The molecule has 2 aromatic carbocycles. The zero-order chi connectivity index (χ0) is 14.5. The fraction of sp³-hybridized carbons (Fsp3) is 0.188. The number of para-hydroxylation sites is 1. The van der Waals surface area contributed by atoms with Crippen LogP contribution in [0.3, 0.4) is 0 Å². The SMILES string of the molecule is COc1ccccc1SCc1ccc(C(=N)N)cc1C. The lowest BCUT2D eigenvalue weighted by Crippen LogP contribution is -2.11. The predicted molar refractivity (Wildman–Crippen MR) is 84.8 cm³/mol. The van der Waals surface area contributed by atoms with Crippen LogP contribution in [0.1, 0.15) is 16.7 Å². The molecule has 0 atom stereocenters. The summed E-state index contributed by atoms with van der Waals surface area (Å²) in [4.78, 5) is 1.13. The summed E-state index contributed by atoms with van der Waals surface area (Å²) in [6, 6.07) is 13.9. The van der Waals surface area contributed by atoms with Crippen molar-refractivity contribution in [1.82, 2.24) is 0 Å². The summed E-state index contributed by atoms with van der Waals surface area (Å²) in [7, 11) is 1.69. The van der Waals surface area contributed by atoms with Crippen molar-refractivity contribution in [3.63, 3.8) is 0 Å². The third-order valence-electron chi connectivity index (χ3n) is 3.11. The Balaban J connectivity index is 2.13. The molecule has 0 spiro atoms. The standard InChI is InChI=1S/C16H18N2OS/c1-11-9-12(16(17)18)7-8-13(11)10-20-15-6-4-3-5-14(15)19-2/h3-9H,10H2,1-2H3,(H3,17,18). The van der Waals surface area contributed by atoms with Crippen LogP contribution in [0, 0.1) is 12.3 Å². The van der Waals surface area contributed by atoms with Crippen molar-refractivity contribution in [3.8, 4) is 5.75 Å². The smallest absolute Gasteiger partial charge is 0.132 e. The fourth-order valence-corrected chi connectivity index (χ4v) is 3.02. The lowest BCUT2D eigenvalue weighted by Gasteiger charge is -2.10. The molecule has 20 heavy (non-hydrogen) atoms. The number of nitrogen functional groups attached to an aromatic ring is 1. The number of benzene rings is 2. The van der Waals surface area contributed by atoms with Gasteiger partial charge in [-0.25, -0.2) is 0 Å². The number of hydrogen-bond acceptors (Lipinski definition) is 3. The summed E-state index contributed by atoms with van der Waals surface area (Å²) in [5, 5.41) is 7.45. The molecule has 0 aromatic heterocycles. The fourth-order valence-electron chi connectivity index (χ4n) is 1.92. The minimum Gasteiger partial charge on any atom is -0.496 e. The van der Waals surface area contributed by atoms with E-state index in [1.807, 2.05) is 43.3 Å². The maximum absolute atomic E-state index is 7.45. The average Bonchev–Trinajstić information content (AvgIpc) is 2.46. The number of methoxy groups -OCH3 is 1. The van der Waals surface area contributed by atoms with Crippen LogP contribution in [-0.2, 0) is 5.75 Å². The van der Waals surface area contributed by atoms with Crippen molar-refractivity contribution in [2.24, 2.45) is 5.73 Å². The monoisotopic (exact) mass is 286 g/mol. The third kappa shape index (κ3) is 3.33. The van der Waals surface area contributed by atoms with Gasteiger partial charge in [0.25, 0.3) is 0 Å². The van der Waals surface area contributed by atoms with Crippen molar-refractivity contribution in [3.05, 3.63) is 59.2 Å². The molecule has 0 aliphatic heterocycles. The number of rotatable bonds is 5. The van der Waals surface area contributed by atoms with Crippen molar-refractivity contribution in [1.29, 1.82) is 5.41 Å². The van der Waals surface area contributed by atoms with Gasteiger partial charge in [0.1, 0.15) is 11.6 Å². The maximum Gasteiger partial charge on any atom is 0.132 e. The van der Waals surface area contributed by atoms with Crippen LogP contribution in [0.4, 0.5) is 0 Å². The molecule has 0 fully saturated rings. The van der Waals surface area contributed by atoms with Crippen LogP contribution in [-0.4, -0.2) is 12.9 Å². The topological polar surface area (TPSA) is 59.1 Å². The molecule has 0 saturated heterocycles. The number of amidine groups is 1. The van der Waals surface area contributed by atoms with E-state index in [0.717, 1.165) is 27.5 Å². The van der Waals surface area contributed by atoms with E-state index in [1.165, 1.54) is 5.56 Å². The first-order valence-corrected chi connectivity index (χ1v) is 7.30. The van der Waals surface area contributed by atoms with Gasteiger partial charge in [-0.2, -0.15) is 0 Å². The Morgan fingerprint density at radius 2 is 2.00 bits per heavy atom. The van der Waals surface area contributed by atoms with E-state index in [4.69, 9.17) is 15.9 Å². The summed E-state index contributed by atoms with van der Waals surface area (Å²) >= 11 is 1.74. The van der Waals surface area contributed by atoms with Crippen LogP contribution in [0.25, 0.3) is 0 Å². The quantitative estimate of drug-likeness (QED) is 0.502. The molecule has 0 radical (unpaired) electrons. The highest BCUT2D eigenvalue weighted by Gasteiger charge is 2.06. The van der Waals surface area contributed by atoms with E-state index < -0.39 is 0 Å². The van der Waals surface area contributed by atoms with E-state index >= 15 is 0 Å². The number of hydrogen-bond donors (Lipinski definition) is 2. The first-order valence-electron chi connectivity index (χ1n) is 6.31. The Morgan fingerprint density at radius 1 is 1.25 bits per heavy atom. The van der Waals surface area contributed by atoms with Gasteiger partial charge in [0, 0.05) is 16.2 Å². The van der Waals surface area contributed by atoms with E-state index in [9.17, 15) is 0 Å². The zero-order valence-electron chi connectivity index (χ0n) is 11.6. The molecule has 0 unspecified atom stereocenters. The second-order valence-corrected chi connectivity index (χ2v) is 5.51. The minimum absolute atomic E-state index is 0.108. The number of ether oxygens (including phenoxy) is 1. The van der Waals surface area contributed by atoms with Crippen molar-refractivity contribution in [2.45, 2.75) is 17.6 Å². The van der Waals surface area contributed by atoms with E-state index in [-0.39, 0.29) is 5.84 Å². The van der Waals surface area contributed by atoms with Crippen molar-refractivity contribution in [2.75, 3.05) is 7.11 Å². The highest BCUT2D eigenvalue weighted by molar-refractivity contribution is 7.98. The number of nitrogens with two attached hydrogens (primary N) is 1. The van der Waals surface area contributed by atoms with E-state index in [0.29, 0.717) is 0 Å². The summed E-state index contributed by atoms with van der Waals surface area (Å²) in [5.74, 6) is 1.87. The highest BCUT2D eigenvalue weighted by atomic mass is 32.2. The molecule has 0 amide bonds. The van der Waals surface area contributed by atoms with E-state index in [2.05, 4.69) is 6.07 Å². The minimum atomic E-state index is 0.108. The molecular formula is C16H18N2OS. The lowest BCUT2D eigenvalue weighted by atomic mass is 10.1. The molecule has 0 aliphatic carbocycles. The molecule has 3 N–H and O–H groups in total. The molecule has 0 aliphatic rings. The Hall–Kier alpha value is -1.94. The number of aryl methyl sites for hydroxylation is 1. The Morgan fingerprint density at radius 3 is 2.65 bits per heavy atom. The summed E-state index contributed by atoms with van der Waals surface area (Å²) < 4.78 is 5.35. The van der Waals surface area contributed by atoms with E-state index in [1.54, 1.807) is 18.9 Å². The second kappa shape index (κ2) is 6.48. The molecule has 2 rings (SSSR count). The third-order valence-corrected chi connectivity index (χ3v) is 4.21. The second-order valence-electron chi connectivity index (χ2n) is 4.49. The van der Waals surface area contributed by atoms with Gasteiger partial charge < -0.3 is 10.5 Å². The number of nitrogens with one attached hydrogen (secondary N) is 1. The molecule has 4 heteroatoms. The van der Waals surface area contributed by atoms with Gasteiger partial charge >= 0.3 is 0 Å². The van der Waals surface area contributed by atoms with Gasteiger partial charge in [-0.3, -0.25) is 5.41 Å². The van der Waals surface area contributed by atoms with Gasteiger partial charge in [-0.1, -0.05) is 24.3 Å². The van der Waals surface area contributed by atoms with Crippen LogP contribution in [0.5, 0.6) is 5.75 Å². The van der Waals surface area contributed by atoms with Crippen LogP contribution in [0.15, 0.2) is 47.4 Å². The first-order chi connectivity index (χ1) is 9.61. The van der Waals surface area contributed by atoms with Crippen LogP contribution < -0.4 is 10.5 Å². The Bertz CT molecular complexity index is 626. The predicted octanol–water partition coefficient (Wildman–Crippen LogP) is 3.58. The van der Waals surface area contributed by atoms with Crippen LogP contribution >= 0.6 is 11.8 Å². The maximum atomic E-state index is 7.45.